The number of rotatable bonds is 1. The molecule has 0 saturated heterocycles. The van der Waals surface area contributed by atoms with Gasteiger partial charge in [-0.3, -0.25) is 0 Å². The van der Waals surface area contributed by atoms with E-state index in [2.05, 4.69) is 9.97 Å². The molecule has 2 rings (SSSR count). The molecule has 0 fully saturated rings. The van der Waals surface area contributed by atoms with E-state index in [0.717, 1.165) is 17.0 Å². The second-order valence-corrected chi connectivity index (χ2v) is 4.52. The van der Waals surface area contributed by atoms with Crippen molar-refractivity contribution in [2.24, 2.45) is 0 Å². The lowest BCUT2D eigenvalue weighted by Crippen LogP contribution is -1.98. The van der Waals surface area contributed by atoms with Gasteiger partial charge in [0, 0.05) is 11.3 Å². The topological polar surface area (TPSA) is 28.7 Å². The quantitative estimate of drug-likeness (QED) is 0.776. The van der Waals surface area contributed by atoms with Crippen LogP contribution in [0.1, 0.15) is 17.0 Å². The summed E-state index contributed by atoms with van der Waals surface area (Å²) in [6, 6.07) is 4.93. The number of nitrogens with one attached hydrogen (secondary N) is 1. The van der Waals surface area contributed by atoms with E-state index >= 15 is 0 Å². The molecule has 1 aromatic carbocycles. The van der Waals surface area contributed by atoms with Crippen molar-refractivity contribution in [3.63, 3.8) is 0 Å². The predicted molar refractivity (Wildman–Crippen MR) is 69.0 cm³/mol. The van der Waals surface area contributed by atoms with Crippen LogP contribution in [-0.4, -0.2) is 9.97 Å². The summed E-state index contributed by atoms with van der Waals surface area (Å²) in [4.78, 5) is 7.41. The summed E-state index contributed by atoms with van der Waals surface area (Å²) < 4.78 is 14.2. The van der Waals surface area contributed by atoms with E-state index in [0.29, 0.717) is 15.9 Å². The average Bonchev–Trinajstić information content (AvgIpc) is 2.27. The molecule has 0 bridgehead atoms. The monoisotopic (exact) mass is 248 g/mol. The highest BCUT2D eigenvalue weighted by atomic mass is 32.1. The van der Waals surface area contributed by atoms with E-state index < -0.39 is 0 Å². The van der Waals surface area contributed by atoms with Gasteiger partial charge in [0.1, 0.15) is 16.2 Å². The molecule has 0 aliphatic rings. The van der Waals surface area contributed by atoms with Gasteiger partial charge in [-0.15, -0.1) is 0 Å². The fraction of sp³-hybridized carbons (Fsp3) is 0.231. The first-order valence-corrected chi connectivity index (χ1v) is 5.74. The smallest absolute Gasteiger partial charge is 0.132 e. The molecule has 2 aromatic rings. The lowest BCUT2D eigenvalue weighted by atomic mass is 10.1. The summed E-state index contributed by atoms with van der Waals surface area (Å²) in [5, 5.41) is 0. The van der Waals surface area contributed by atoms with Gasteiger partial charge in [0.05, 0.1) is 5.69 Å². The third-order valence-corrected chi connectivity index (χ3v) is 3.01. The van der Waals surface area contributed by atoms with Crippen LogP contribution in [0.2, 0.25) is 0 Å². The number of aryl methyl sites for hydroxylation is 3. The Morgan fingerprint density at radius 1 is 1.24 bits per heavy atom. The first-order valence-electron chi connectivity index (χ1n) is 5.33. The van der Waals surface area contributed by atoms with Crippen molar-refractivity contribution in [3.8, 4) is 11.3 Å². The first-order chi connectivity index (χ1) is 7.99. The number of aromatic nitrogens is 2. The lowest BCUT2D eigenvalue weighted by Gasteiger charge is -2.07. The van der Waals surface area contributed by atoms with Crippen LogP contribution in [0, 0.1) is 31.2 Å². The van der Waals surface area contributed by atoms with E-state index in [1.165, 1.54) is 6.07 Å². The highest BCUT2D eigenvalue weighted by molar-refractivity contribution is 7.71. The van der Waals surface area contributed by atoms with Gasteiger partial charge >= 0.3 is 0 Å². The molecule has 0 radical (unpaired) electrons. The molecule has 1 N–H and O–H groups in total. The highest BCUT2D eigenvalue weighted by Crippen LogP contribution is 2.23. The standard InChI is InChI=1S/C13H13FN2S/c1-7-4-5-11(14)10(6-7)12-13(17)16-9(3)8(2)15-12/h4-6H,1-3H3,(H,16,17). The van der Waals surface area contributed by atoms with Crippen molar-refractivity contribution < 1.29 is 4.39 Å². The molecule has 0 unspecified atom stereocenters. The van der Waals surface area contributed by atoms with Crippen molar-refractivity contribution in [1.29, 1.82) is 0 Å². The zero-order valence-corrected chi connectivity index (χ0v) is 10.8. The fourth-order valence-electron chi connectivity index (χ4n) is 1.63. The summed E-state index contributed by atoms with van der Waals surface area (Å²) in [5.74, 6) is -0.300. The van der Waals surface area contributed by atoms with Crippen LogP contribution >= 0.6 is 12.2 Å². The van der Waals surface area contributed by atoms with Crippen LogP contribution in [-0.2, 0) is 0 Å². The van der Waals surface area contributed by atoms with E-state index in [9.17, 15) is 4.39 Å². The number of hydrogen-bond donors (Lipinski definition) is 1. The zero-order valence-electron chi connectivity index (χ0n) is 9.97. The summed E-state index contributed by atoms with van der Waals surface area (Å²) >= 11 is 5.20. The minimum Gasteiger partial charge on any atom is -0.347 e. The maximum atomic E-state index is 13.8. The lowest BCUT2D eigenvalue weighted by molar-refractivity contribution is 0.630. The van der Waals surface area contributed by atoms with E-state index in [-0.39, 0.29) is 5.82 Å². The van der Waals surface area contributed by atoms with Crippen LogP contribution in [0.4, 0.5) is 4.39 Å². The maximum absolute atomic E-state index is 13.8. The molecule has 4 heteroatoms. The van der Waals surface area contributed by atoms with Crippen LogP contribution < -0.4 is 0 Å². The molecule has 0 aliphatic heterocycles. The number of aromatic amines is 1. The molecule has 1 heterocycles. The van der Waals surface area contributed by atoms with Gasteiger partial charge in [0.2, 0.25) is 0 Å². The van der Waals surface area contributed by atoms with E-state index in [1.54, 1.807) is 12.1 Å². The number of hydrogen-bond acceptors (Lipinski definition) is 2. The average molecular weight is 248 g/mol. The van der Waals surface area contributed by atoms with Gasteiger partial charge in [-0.2, -0.15) is 0 Å². The Labute approximate surface area is 105 Å². The highest BCUT2D eigenvalue weighted by Gasteiger charge is 2.10. The van der Waals surface area contributed by atoms with Crippen molar-refractivity contribution in [1.82, 2.24) is 9.97 Å². The van der Waals surface area contributed by atoms with Gasteiger partial charge in [0.15, 0.2) is 0 Å². The summed E-state index contributed by atoms with van der Waals surface area (Å²) in [6.45, 7) is 5.68. The molecular formula is C13H13FN2S. The van der Waals surface area contributed by atoms with Gasteiger partial charge in [-0.25, -0.2) is 9.37 Å². The SMILES string of the molecule is Cc1ccc(F)c(-c2nc(C)c(C)[nH]c2=S)c1. The summed E-state index contributed by atoms with van der Waals surface area (Å²) in [7, 11) is 0. The number of nitrogens with zero attached hydrogens (tertiary/aromatic N) is 1. The normalized spacial score (nSPS) is 10.6. The molecule has 0 saturated carbocycles. The van der Waals surface area contributed by atoms with E-state index in [4.69, 9.17) is 12.2 Å². The third kappa shape index (κ3) is 2.26. The molecule has 0 atom stereocenters. The minimum atomic E-state index is -0.300. The molecule has 88 valence electrons. The van der Waals surface area contributed by atoms with Crippen molar-refractivity contribution in [3.05, 3.63) is 45.6 Å². The molecule has 2 nitrogen and oxygen atoms in total. The second kappa shape index (κ2) is 4.37. The molecule has 17 heavy (non-hydrogen) atoms. The van der Waals surface area contributed by atoms with Crippen molar-refractivity contribution in [2.75, 3.05) is 0 Å². The Morgan fingerprint density at radius 3 is 2.65 bits per heavy atom. The Balaban J connectivity index is 2.72. The molecule has 0 aliphatic carbocycles. The van der Waals surface area contributed by atoms with Gasteiger partial charge in [-0.05, 0) is 32.9 Å². The summed E-state index contributed by atoms with van der Waals surface area (Å²) in [6.07, 6.45) is 0. The molecule has 0 spiro atoms. The second-order valence-electron chi connectivity index (χ2n) is 4.11. The Morgan fingerprint density at radius 2 is 1.94 bits per heavy atom. The number of H-pyrrole nitrogens is 1. The van der Waals surface area contributed by atoms with Crippen molar-refractivity contribution >= 4 is 12.2 Å². The van der Waals surface area contributed by atoms with Gasteiger partial charge in [-0.1, -0.05) is 23.8 Å². The fourth-order valence-corrected chi connectivity index (χ4v) is 1.93. The summed E-state index contributed by atoms with van der Waals surface area (Å²) in [5.41, 5.74) is 3.68. The predicted octanol–water partition coefficient (Wildman–Crippen LogP) is 3.87. The van der Waals surface area contributed by atoms with Crippen molar-refractivity contribution in [2.45, 2.75) is 20.8 Å². The minimum absolute atomic E-state index is 0.300. The van der Waals surface area contributed by atoms with Gasteiger partial charge < -0.3 is 4.98 Å². The maximum Gasteiger partial charge on any atom is 0.132 e. The van der Waals surface area contributed by atoms with Crippen LogP contribution in [0.5, 0.6) is 0 Å². The Kier molecular flexibility index (Phi) is 3.07. The molecule has 0 amide bonds. The third-order valence-electron chi connectivity index (χ3n) is 2.72. The van der Waals surface area contributed by atoms with Gasteiger partial charge in [0.25, 0.3) is 0 Å². The first kappa shape index (κ1) is 11.9. The largest absolute Gasteiger partial charge is 0.347 e. The Bertz CT molecular complexity index is 632. The van der Waals surface area contributed by atoms with Crippen LogP contribution in [0.25, 0.3) is 11.3 Å². The number of benzene rings is 1. The van der Waals surface area contributed by atoms with Crippen LogP contribution in [0.15, 0.2) is 18.2 Å². The Hall–Kier alpha value is -1.55. The van der Waals surface area contributed by atoms with Crippen LogP contribution in [0.3, 0.4) is 0 Å². The molecule has 1 aromatic heterocycles. The molecular weight excluding hydrogens is 235 g/mol. The zero-order chi connectivity index (χ0) is 12.6. The number of halogens is 1. The van der Waals surface area contributed by atoms with E-state index in [1.807, 2.05) is 20.8 Å².